The third-order valence-corrected chi connectivity index (χ3v) is 3.17. The van der Waals surface area contributed by atoms with E-state index in [1.807, 2.05) is 24.5 Å². The van der Waals surface area contributed by atoms with Gasteiger partial charge in [0.25, 0.3) is 0 Å². The molecule has 0 N–H and O–H groups in total. The predicted octanol–water partition coefficient (Wildman–Crippen LogP) is -0.958. The molecule has 3 rings (SSSR count). The maximum atomic E-state index is 8.49. The zero-order valence-electron chi connectivity index (χ0n) is 11.6. The SMILES string of the molecule is CC[O+]1C=Cc2oc3cccc(C)c3c2C1.[O-][Cl+3]([O-])([O-])[O-]. The molecule has 21 heavy (non-hydrogen) atoms. The van der Waals surface area contributed by atoms with Crippen LogP contribution in [0.2, 0.25) is 0 Å². The van der Waals surface area contributed by atoms with Crippen LogP contribution in [0.25, 0.3) is 17.0 Å². The maximum Gasteiger partial charge on any atom is 0.221 e. The van der Waals surface area contributed by atoms with Crippen molar-refractivity contribution in [3.63, 3.8) is 0 Å². The molecule has 0 unspecified atom stereocenters. The van der Waals surface area contributed by atoms with E-state index in [9.17, 15) is 0 Å². The van der Waals surface area contributed by atoms with Gasteiger partial charge in [-0.2, -0.15) is 0 Å². The number of rotatable bonds is 1. The number of benzene rings is 1. The summed E-state index contributed by atoms with van der Waals surface area (Å²) in [6, 6.07) is 6.22. The predicted molar refractivity (Wildman–Crippen MR) is 65.3 cm³/mol. The first kappa shape index (κ1) is 15.8. The Morgan fingerprint density at radius 3 is 2.52 bits per heavy atom. The first-order valence-electron chi connectivity index (χ1n) is 6.27. The number of fused-ring (bicyclic) bond motifs is 3. The second kappa shape index (κ2) is 6.05. The molecule has 0 amide bonds. The molecule has 0 saturated heterocycles. The number of hydrogen-bond donors (Lipinski definition) is 0. The standard InChI is InChI=1S/C14H15O2.ClHO4/c1-3-16-8-7-12-11(9-16)14-10(2)5-4-6-13(14)15-12;2-1(3,4)5/h4-8H,3,9H2,1-2H3;(H,2,3,4,5)/q+1;/p-1. The monoisotopic (exact) mass is 314 g/mol. The fraction of sp³-hybridized carbons (Fsp3) is 0.286. The number of aryl methyl sites for hydroxylation is 1. The van der Waals surface area contributed by atoms with Crippen molar-refractivity contribution >= 4 is 17.0 Å². The summed E-state index contributed by atoms with van der Waals surface area (Å²) in [4.78, 5) is 0. The van der Waals surface area contributed by atoms with Crippen molar-refractivity contribution in [2.24, 2.45) is 0 Å². The number of halogens is 1. The quantitative estimate of drug-likeness (QED) is 0.630. The van der Waals surface area contributed by atoms with Gasteiger partial charge in [0.1, 0.15) is 11.3 Å². The Hall–Kier alpha value is -1.57. The molecule has 0 fully saturated rings. The van der Waals surface area contributed by atoms with Crippen LogP contribution in [0.4, 0.5) is 0 Å². The molecule has 7 heteroatoms. The first-order valence-corrected chi connectivity index (χ1v) is 7.50. The van der Waals surface area contributed by atoms with Gasteiger partial charge in [0.2, 0.25) is 12.9 Å². The van der Waals surface area contributed by atoms with E-state index >= 15 is 0 Å². The van der Waals surface area contributed by atoms with Crippen LogP contribution in [0.15, 0.2) is 28.9 Å². The smallest absolute Gasteiger partial charge is 0.221 e. The summed E-state index contributed by atoms with van der Waals surface area (Å²) in [5.41, 5.74) is 3.57. The molecular weight excluding hydrogens is 300 g/mol. The van der Waals surface area contributed by atoms with Crippen molar-refractivity contribution in [3.8, 4) is 0 Å². The van der Waals surface area contributed by atoms with E-state index in [1.165, 1.54) is 16.5 Å². The van der Waals surface area contributed by atoms with Gasteiger partial charge in [-0.15, -0.1) is 10.2 Å². The van der Waals surface area contributed by atoms with Gasteiger partial charge in [0.15, 0.2) is 6.61 Å². The molecule has 1 aliphatic rings. The Morgan fingerprint density at radius 2 is 1.90 bits per heavy atom. The highest BCUT2D eigenvalue weighted by Gasteiger charge is 2.22. The van der Waals surface area contributed by atoms with Gasteiger partial charge in [-0.1, -0.05) is 12.1 Å². The van der Waals surface area contributed by atoms with Crippen molar-refractivity contribution in [1.29, 1.82) is 0 Å². The van der Waals surface area contributed by atoms with E-state index in [0.717, 1.165) is 24.6 Å². The molecule has 6 nitrogen and oxygen atoms in total. The highest BCUT2D eigenvalue weighted by Crippen LogP contribution is 2.33. The molecule has 0 saturated carbocycles. The lowest BCUT2D eigenvalue weighted by Crippen LogP contribution is -2.68. The molecule has 0 atom stereocenters. The van der Waals surface area contributed by atoms with Gasteiger partial charge < -0.3 is 8.78 Å². The average Bonchev–Trinajstić information content (AvgIpc) is 2.75. The fourth-order valence-electron chi connectivity index (χ4n) is 2.28. The maximum absolute atomic E-state index is 8.49. The van der Waals surface area contributed by atoms with Crippen molar-refractivity contribution in [3.05, 3.63) is 41.3 Å². The molecular formula is C14H15ClO6. The van der Waals surface area contributed by atoms with Crippen molar-refractivity contribution in [2.75, 3.05) is 6.61 Å². The Kier molecular flexibility index (Phi) is 4.55. The van der Waals surface area contributed by atoms with Crippen LogP contribution in [0, 0.1) is 17.2 Å². The molecule has 0 aliphatic carbocycles. The largest absolute Gasteiger partial charge is 0.574 e. The zero-order chi connectivity index (χ0) is 15.6. The summed E-state index contributed by atoms with van der Waals surface area (Å²) in [6.07, 6.45) is 4.06. The van der Waals surface area contributed by atoms with Crippen LogP contribution in [0.5, 0.6) is 0 Å². The van der Waals surface area contributed by atoms with Gasteiger partial charge in [0.05, 0.1) is 11.6 Å². The molecule has 1 aromatic heterocycles. The van der Waals surface area contributed by atoms with Crippen molar-refractivity contribution in [1.82, 2.24) is 0 Å². The lowest BCUT2D eigenvalue weighted by atomic mass is 10.1. The van der Waals surface area contributed by atoms with Gasteiger partial charge in [-0.05, 0) is 18.6 Å². The molecule has 1 aliphatic heterocycles. The molecule has 1 aromatic carbocycles. The Morgan fingerprint density at radius 1 is 1.24 bits per heavy atom. The minimum absolute atomic E-state index is 0.875. The Balaban J connectivity index is 0.000000282. The summed E-state index contributed by atoms with van der Waals surface area (Å²) in [7, 11) is -4.94. The van der Waals surface area contributed by atoms with E-state index in [1.54, 1.807) is 0 Å². The second-order valence-electron chi connectivity index (χ2n) is 4.54. The molecule has 2 heterocycles. The van der Waals surface area contributed by atoms with Gasteiger partial charge in [-0.3, -0.25) is 0 Å². The van der Waals surface area contributed by atoms with Crippen LogP contribution in [-0.4, -0.2) is 6.61 Å². The molecule has 0 bridgehead atoms. The van der Waals surface area contributed by atoms with Crippen LogP contribution in [0.1, 0.15) is 23.8 Å². The fourth-order valence-corrected chi connectivity index (χ4v) is 2.28. The topological polar surface area (TPSA) is 108 Å². The summed E-state index contributed by atoms with van der Waals surface area (Å²) in [5.74, 6) is 1.00. The van der Waals surface area contributed by atoms with Crippen LogP contribution >= 0.6 is 0 Å². The minimum atomic E-state index is -4.94. The van der Waals surface area contributed by atoms with Crippen molar-refractivity contribution in [2.45, 2.75) is 20.5 Å². The summed E-state index contributed by atoms with van der Waals surface area (Å²) in [5, 5.41) is 1.27. The van der Waals surface area contributed by atoms with Crippen molar-refractivity contribution < 1.29 is 37.7 Å². The molecule has 114 valence electrons. The van der Waals surface area contributed by atoms with Crippen LogP contribution in [0.3, 0.4) is 0 Å². The molecule has 2 aromatic rings. The molecule has 0 spiro atoms. The van der Waals surface area contributed by atoms with Crippen LogP contribution in [-0.2, 0) is 11.0 Å². The summed E-state index contributed by atoms with van der Waals surface area (Å²) < 4.78 is 42.9. The normalized spacial score (nSPS) is 13.9. The second-order valence-corrected chi connectivity index (χ2v) is 5.30. The number of hydrogen-bond acceptors (Lipinski definition) is 5. The van der Waals surface area contributed by atoms with E-state index < -0.39 is 10.2 Å². The van der Waals surface area contributed by atoms with Gasteiger partial charge >= 0.3 is 0 Å². The Labute approximate surface area is 123 Å². The van der Waals surface area contributed by atoms with E-state index in [-0.39, 0.29) is 0 Å². The third kappa shape index (κ3) is 3.96. The summed E-state index contributed by atoms with van der Waals surface area (Å²) in [6.45, 7) is 6.10. The first-order chi connectivity index (χ1) is 9.79. The lowest BCUT2D eigenvalue weighted by Gasteiger charge is -2.21. The van der Waals surface area contributed by atoms with E-state index in [4.69, 9.17) is 23.1 Å². The zero-order valence-corrected chi connectivity index (χ0v) is 12.4. The summed E-state index contributed by atoms with van der Waals surface area (Å²) >= 11 is 0. The lowest BCUT2D eigenvalue weighted by molar-refractivity contribution is -2.00. The highest BCUT2D eigenvalue weighted by molar-refractivity contribution is 5.87. The number of furan rings is 1. The average molecular weight is 315 g/mol. The Bertz CT molecular complexity index is 649. The van der Waals surface area contributed by atoms with Crippen LogP contribution < -0.4 is 18.6 Å². The van der Waals surface area contributed by atoms with E-state index in [0.29, 0.717) is 0 Å². The van der Waals surface area contributed by atoms with Gasteiger partial charge in [-0.25, -0.2) is 18.6 Å². The minimum Gasteiger partial charge on any atom is -0.574 e. The van der Waals surface area contributed by atoms with E-state index in [2.05, 4.69) is 24.3 Å². The third-order valence-electron chi connectivity index (χ3n) is 3.17. The molecule has 0 radical (unpaired) electrons. The highest BCUT2D eigenvalue weighted by atomic mass is 35.7. The van der Waals surface area contributed by atoms with Gasteiger partial charge in [0, 0.05) is 12.3 Å².